The van der Waals surface area contributed by atoms with Crippen LogP contribution in [0.5, 0.6) is 0 Å². The molecule has 0 amide bonds. The van der Waals surface area contributed by atoms with Gasteiger partial charge in [0.1, 0.15) is 0 Å². The van der Waals surface area contributed by atoms with Gasteiger partial charge in [0.25, 0.3) is 0 Å². The maximum atomic E-state index is 3.42. The van der Waals surface area contributed by atoms with Crippen LogP contribution in [-0.2, 0) is 13.0 Å². The summed E-state index contributed by atoms with van der Waals surface area (Å²) < 4.78 is 0. The zero-order valence-corrected chi connectivity index (χ0v) is 12.5. The van der Waals surface area contributed by atoms with Gasteiger partial charge in [0.05, 0.1) is 0 Å². The van der Waals surface area contributed by atoms with E-state index in [1.165, 1.54) is 37.1 Å². The largest absolute Gasteiger partial charge is 0.317 e. The van der Waals surface area contributed by atoms with Gasteiger partial charge in [-0.05, 0) is 49.5 Å². The van der Waals surface area contributed by atoms with Gasteiger partial charge >= 0.3 is 0 Å². The summed E-state index contributed by atoms with van der Waals surface area (Å²) >= 11 is 0. The summed E-state index contributed by atoms with van der Waals surface area (Å²) in [7, 11) is 0. The third-order valence-corrected chi connectivity index (χ3v) is 4.28. The number of hydrogen-bond donors (Lipinski definition) is 1. The second-order valence-corrected chi connectivity index (χ2v) is 5.67. The summed E-state index contributed by atoms with van der Waals surface area (Å²) in [6, 6.07) is 8.95. The Balaban J connectivity index is 1.92. The minimum atomic E-state index is 0.925. The van der Waals surface area contributed by atoms with Crippen molar-refractivity contribution in [1.82, 2.24) is 10.2 Å². The minimum absolute atomic E-state index is 0.925. The third-order valence-electron chi connectivity index (χ3n) is 4.28. The molecule has 1 N–H and O–H groups in total. The first-order valence-corrected chi connectivity index (χ1v) is 7.83. The normalized spacial score (nSPS) is 20.0. The van der Waals surface area contributed by atoms with E-state index in [9.17, 15) is 0 Å². The maximum Gasteiger partial charge on any atom is 0.0236 e. The molecule has 0 bridgehead atoms. The topological polar surface area (TPSA) is 15.3 Å². The standard InChI is InChI=1S/C17H28N2/c1-3-15-10-12-19(13-15)14-17-8-6-5-7-16(17)9-11-18-4-2/h5-8,15,18H,3-4,9-14H2,1-2H3. The van der Waals surface area contributed by atoms with E-state index in [2.05, 4.69) is 48.3 Å². The second-order valence-electron chi connectivity index (χ2n) is 5.67. The van der Waals surface area contributed by atoms with Crippen molar-refractivity contribution in [1.29, 1.82) is 0 Å². The molecular formula is C17H28N2. The Morgan fingerprint density at radius 3 is 2.68 bits per heavy atom. The first-order chi connectivity index (χ1) is 9.33. The molecule has 0 saturated carbocycles. The SMILES string of the molecule is CCNCCc1ccccc1CN1CCC(CC)C1. The number of hydrogen-bond acceptors (Lipinski definition) is 2. The molecule has 1 heterocycles. The van der Waals surface area contributed by atoms with Gasteiger partial charge in [-0.1, -0.05) is 44.5 Å². The Bertz CT molecular complexity index is 375. The second kappa shape index (κ2) is 7.66. The molecule has 1 aromatic rings. The van der Waals surface area contributed by atoms with Crippen molar-refractivity contribution in [2.24, 2.45) is 5.92 Å². The molecule has 1 fully saturated rings. The minimum Gasteiger partial charge on any atom is -0.317 e. The summed E-state index contributed by atoms with van der Waals surface area (Å²) in [5, 5.41) is 3.42. The Labute approximate surface area is 118 Å². The van der Waals surface area contributed by atoms with Crippen LogP contribution in [0.1, 0.15) is 37.8 Å². The Kier molecular flexibility index (Phi) is 5.87. The average molecular weight is 260 g/mol. The Morgan fingerprint density at radius 2 is 2.00 bits per heavy atom. The van der Waals surface area contributed by atoms with Crippen LogP contribution in [-0.4, -0.2) is 31.1 Å². The Morgan fingerprint density at radius 1 is 1.21 bits per heavy atom. The van der Waals surface area contributed by atoms with Crippen molar-refractivity contribution in [3.05, 3.63) is 35.4 Å². The van der Waals surface area contributed by atoms with Gasteiger partial charge in [-0.25, -0.2) is 0 Å². The van der Waals surface area contributed by atoms with Gasteiger partial charge in [-0.2, -0.15) is 0 Å². The van der Waals surface area contributed by atoms with Gasteiger partial charge in [-0.3, -0.25) is 4.90 Å². The molecule has 0 radical (unpaired) electrons. The monoisotopic (exact) mass is 260 g/mol. The number of nitrogens with one attached hydrogen (secondary N) is 1. The van der Waals surface area contributed by atoms with Gasteiger partial charge in [-0.15, -0.1) is 0 Å². The zero-order valence-electron chi connectivity index (χ0n) is 12.5. The van der Waals surface area contributed by atoms with Crippen LogP contribution in [0.4, 0.5) is 0 Å². The van der Waals surface area contributed by atoms with E-state index in [0.717, 1.165) is 32.0 Å². The molecule has 1 unspecified atom stereocenters. The lowest BCUT2D eigenvalue weighted by atomic mass is 10.0. The first kappa shape index (κ1) is 14.5. The summed E-state index contributed by atoms with van der Waals surface area (Å²) in [5.41, 5.74) is 3.04. The molecule has 1 aliphatic heterocycles. The molecule has 2 nitrogen and oxygen atoms in total. The van der Waals surface area contributed by atoms with Gasteiger partial charge in [0.15, 0.2) is 0 Å². The molecule has 1 atom stereocenters. The molecule has 106 valence electrons. The molecule has 0 aromatic heterocycles. The van der Waals surface area contributed by atoms with E-state index in [0.29, 0.717) is 0 Å². The van der Waals surface area contributed by atoms with Crippen molar-refractivity contribution >= 4 is 0 Å². The molecule has 1 aromatic carbocycles. The van der Waals surface area contributed by atoms with Crippen LogP contribution in [0.3, 0.4) is 0 Å². The van der Waals surface area contributed by atoms with E-state index in [4.69, 9.17) is 0 Å². The highest BCUT2D eigenvalue weighted by Gasteiger charge is 2.21. The number of nitrogens with zero attached hydrogens (tertiary/aromatic N) is 1. The highest BCUT2D eigenvalue weighted by atomic mass is 15.1. The van der Waals surface area contributed by atoms with E-state index in [1.54, 1.807) is 0 Å². The lowest BCUT2D eigenvalue weighted by Gasteiger charge is -2.18. The van der Waals surface area contributed by atoms with Crippen molar-refractivity contribution in [2.75, 3.05) is 26.2 Å². The van der Waals surface area contributed by atoms with Crippen LogP contribution in [0.2, 0.25) is 0 Å². The first-order valence-electron chi connectivity index (χ1n) is 7.83. The maximum absolute atomic E-state index is 3.42. The third kappa shape index (κ3) is 4.32. The summed E-state index contributed by atoms with van der Waals surface area (Å²) in [5.74, 6) is 0.925. The van der Waals surface area contributed by atoms with Crippen molar-refractivity contribution in [3.8, 4) is 0 Å². The van der Waals surface area contributed by atoms with Crippen LogP contribution < -0.4 is 5.32 Å². The lowest BCUT2D eigenvalue weighted by molar-refractivity contribution is 0.314. The van der Waals surface area contributed by atoms with Gasteiger partial charge in [0, 0.05) is 13.1 Å². The number of likely N-dealkylation sites (tertiary alicyclic amines) is 1. The van der Waals surface area contributed by atoms with Gasteiger partial charge in [0.2, 0.25) is 0 Å². The molecule has 1 aliphatic rings. The van der Waals surface area contributed by atoms with Gasteiger partial charge < -0.3 is 5.32 Å². The van der Waals surface area contributed by atoms with Crippen LogP contribution >= 0.6 is 0 Å². The predicted octanol–water partition coefficient (Wildman–Crippen LogP) is 3.07. The van der Waals surface area contributed by atoms with Crippen LogP contribution in [0.15, 0.2) is 24.3 Å². The van der Waals surface area contributed by atoms with Crippen molar-refractivity contribution < 1.29 is 0 Å². The summed E-state index contributed by atoms with van der Waals surface area (Å²) in [6.07, 6.45) is 3.86. The fraction of sp³-hybridized carbons (Fsp3) is 0.647. The molecular weight excluding hydrogens is 232 g/mol. The molecule has 2 rings (SSSR count). The van der Waals surface area contributed by atoms with E-state index < -0.39 is 0 Å². The number of likely N-dealkylation sites (N-methyl/N-ethyl adjacent to an activating group) is 1. The molecule has 19 heavy (non-hydrogen) atoms. The highest BCUT2D eigenvalue weighted by molar-refractivity contribution is 5.27. The zero-order chi connectivity index (χ0) is 13.5. The van der Waals surface area contributed by atoms with Crippen molar-refractivity contribution in [2.45, 2.75) is 39.7 Å². The molecule has 0 aliphatic carbocycles. The smallest absolute Gasteiger partial charge is 0.0236 e. The highest BCUT2D eigenvalue weighted by Crippen LogP contribution is 2.22. The van der Waals surface area contributed by atoms with E-state index in [-0.39, 0.29) is 0 Å². The fourth-order valence-electron chi connectivity index (χ4n) is 2.99. The van der Waals surface area contributed by atoms with E-state index in [1.807, 2.05) is 0 Å². The van der Waals surface area contributed by atoms with Crippen LogP contribution in [0, 0.1) is 5.92 Å². The lowest BCUT2D eigenvalue weighted by Crippen LogP contribution is -2.22. The average Bonchev–Trinajstić information content (AvgIpc) is 2.89. The molecule has 1 saturated heterocycles. The number of rotatable bonds is 7. The Hall–Kier alpha value is -0.860. The van der Waals surface area contributed by atoms with E-state index >= 15 is 0 Å². The van der Waals surface area contributed by atoms with Crippen LogP contribution in [0.25, 0.3) is 0 Å². The quantitative estimate of drug-likeness (QED) is 0.758. The molecule has 2 heteroatoms. The predicted molar refractivity (Wildman–Crippen MR) is 82.4 cm³/mol. The fourth-order valence-corrected chi connectivity index (χ4v) is 2.99. The summed E-state index contributed by atoms with van der Waals surface area (Å²) in [4.78, 5) is 2.63. The molecule has 0 spiro atoms. The summed E-state index contributed by atoms with van der Waals surface area (Å²) in [6.45, 7) is 10.3. The number of benzene rings is 1. The van der Waals surface area contributed by atoms with Crippen molar-refractivity contribution in [3.63, 3.8) is 0 Å².